The first kappa shape index (κ1) is 13.2. The van der Waals surface area contributed by atoms with E-state index in [1.807, 2.05) is 0 Å². The van der Waals surface area contributed by atoms with Crippen molar-refractivity contribution in [3.8, 4) is 0 Å². The van der Waals surface area contributed by atoms with E-state index in [0.29, 0.717) is 22.3 Å². The van der Waals surface area contributed by atoms with Crippen LogP contribution in [0.25, 0.3) is 0 Å². The van der Waals surface area contributed by atoms with E-state index >= 15 is 0 Å². The molecule has 1 aromatic carbocycles. The van der Waals surface area contributed by atoms with E-state index in [1.54, 1.807) is 24.3 Å². The van der Waals surface area contributed by atoms with Gasteiger partial charge in [-0.15, -0.1) is 0 Å². The van der Waals surface area contributed by atoms with Gasteiger partial charge in [0.1, 0.15) is 6.10 Å². The van der Waals surface area contributed by atoms with Gasteiger partial charge < -0.3 is 14.6 Å². The van der Waals surface area contributed by atoms with Crippen LogP contribution >= 0.6 is 0 Å². The molecule has 1 saturated carbocycles. The molecular formula is C16H16O4. The van der Waals surface area contributed by atoms with Crippen molar-refractivity contribution in [2.24, 2.45) is 0 Å². The number of fused-ring (bicyclic) bond motifs is 3. The van der Waals surface area contributed by atoms with Crippen molar-refractivity contribution in [2.75, 3.05) is 14.2 Å². The average molecular weight is 272 g/mol. The van der Waals surface area contributed by atoms with Crippen LogP contribution in [0.1, 0.15) is 15.9 Å². The molecule has 0 aromatic heterocycles. The Hall–Kier alpha value is -1.75. The summed E-state index contributed by atoms with van der Waals surface area (Å²) in [5.41, 5.74) is -1.38. The summed E-state index contributed by atoms with van der Waals surface area (Å²) >= 11 is 0. The van der Waals surface area contributed by atoms with Gasteiger partial charge in [-0.05, 0) is 11.1 Å². The Labute approximate surface area is 117 Å². The fraction of sp³-hybridized carbons (Fsp3) is 0.312. The summed E-state index contributed by atoms with van der Waals surface area (Å²) in [6.45, 7) is 7.81. The van der Waals surface area contributed by atoms with E-state index < -0.39 is 17.3 Å². The molecule has 1 aromatic rings. The van der Waals surface area contributed by atoms with Gasteiger partial charge in [0.15, 0.2) is 11.2 Å². The zero-order chi connectivity index (χ0) is 14.7. The summed E-state index contributed by atoms with van der Waals surface area (Å²) in [5.74, 6) is -0.302. The van der Waals surface area contributed by atoms with Gasteiger partial charge in [0.25, 0.3) is 0 Å². The van der Waals surface area contributed by atoms with E-state index in [9.17, 15) is 9.90 Å². The predicted octanol–water partition coefficient (Wildman–Crippen LogP) is 1.60. The van der Waals surface area contributed by atoms with E-state index in [4.69, 9.17) is 9.47 Å². The van der Waals surface area contributed by atoms with Crippen LogP contribution in [0.15, 0.2) is 48.6 Å². The van der Waals surface area contributed by atoms with E-state index in [2.05, 4.69) is 13.2 Å². The molecule has 4 nitrogen and oxygen atoms in total. The van der Waals surface area contributed by atoms with Gasteiger partial charge in [-0.3, -0.25) is 4.79 Å². The summed E-state index contributed by atoms with van der Waals surface area (Å²) in [6, 6.07) is 6.92. The standard InChI is InChI=1S/C16H16O4/c1-9-10(2)16(20-4)13(17)11-7-5-6-8-12(11)15(16,18)14(9)19-3/h5-8,14,18H,1-2H2,3-4H3/t14-,15-,16-/m0/s1. The second kappa shape index (κ2) is 3.88. The number of benzene rings is 1. The lowest BCUT2D eigenvalue weighted by Gasteiger charge is -2.36. The number of carbonyl (C=O) groups excluding carboxylic acids is 1. The molecule has 4 heteroatoms. The number of ketones is 1. The van der Waals surface area contributed by atoms with Crippen molar-refractivity contribution in [2.45, 2.75) is 17.3 Å². The van der Waals surface area contributed by atoms with Gasteiger partial charge in [-0.25, -0.2) is 0 Å². The summed E-state index contributed by atoms with van der Waals surface area (Å²) in [5, 5.41) is 11.3. The lowest BCUT2D eigenvalue weighted by Crippen LogP contribution is -2.54. The molecule has 104 valence electrons. The number of hydrogen-bond acceptors (Lipinski definition) is 4. The molecule has 0 heterocycles. The van der Waals surface area contributed by atoms with Gasteiger partial charge >= 0.3 is 0 Å². The molecule has 1 fully saturated rings. The van der Waals surface area contributed by atoms with Crippen LogP contribution in [-0.4, -0.2) is 36.8 Å². The molecule has 1 N–H and O–H groups in total. The Kier molecular flexibility index (Phi) is 2.57. The van der Waals surface area contributed by atoms with Gasteiger partial charge in [-0.2, -0.15) is 0 Å². The van der Waals surface area contributed by atoms with Gasteiger partial charge in [0, 0.05) is 25.3 Å². The van der Waals surface area contributed by atoms with Crippen molar-refractivity contribution < 1.29 is 19.4 Å². The average Bonchev–Trinajstić information content (AvgIpc) is 2.76. The Balaban J connectivity index is 2.40. The first-order valence-electron chi connectivity index (χ1n) is 6.30. The number of ether oxygens (including phenoxy) is 2. The highest BCUT2D eigenvalue weighted by Crippen LogP contribution is 2.60. The Morgan fingerprint density at radius 2 is 1.90 bits per heavy atom. The van der Waals surface area contributed by atoms with Crippen LogP contribution in [0.3, 0.4) is 0 Å². The van der Waals surface area contributed by atoms with Crippen molar-refractivity contribution >= 4 is 5.78 Å². The topological polar surface area (TPSA) is 55.8 Å². The quantitative estimate of drug-likeness (QED) is 0.888. The highest BCUT2D eigenvalue weighted by atomic mass is 16.5. The normalized spacial score (nSPS) is 35.4. The van der Waals surface area contributed by atoms with Crippen LogP contribution in [0.2, 0.25) is 0 Å². The number of methoxy groups -OCH3 is 2. The fourth-order valence-electron chi connectivity index (χ4n) is 3.58. The van der Waals surface area contributed by atoms with Gasteiger partial charge in [0.05, 0.1) is 0 Å². The molecule has 0 radical (unpaired) electrons. The minimum atomic E-state index is -1.63. The van der Waals surface area contributed by atoms with Crippen molar-refractivity contribution in [1.29, 1.82) is 0 Å². The number of hydrogen-bond donors (Lipinski definition) is 1. The van der Waals surface area contributed by atoms with Crippen LogP contribution in [-0.2, 0) is 15.1 Å². The summed E-state index contributed by atoms with van der Waals surface area (Å²) in [4.78, 5) is 12.8. The third kappa shape index (κ3) is 1.08. The van der Waals surface area contributed by atoms with E-state index in [1.165, 1.54) is 14.2 Å². The molecule has 0 saturated heterocycles. The molecule has 2 aliphatic rings. The molecule has 0 bridgehead atoms. The number of Topliss-reactive ketones (excluding diaryl/α,β-unsaturated/α-hetero) is 1. The summed E-state index contributed by atoms with van der Waals surface area (Å²) in [7, 11) is 2.86. The Bertz CT molecular complexity index is 648. The second-order valence-corrected chi connectivity index (χ2v) is 5.15. The van der Waals surface area contributed by atoms with Crippen LogP contribution in [0.5, 0.6) is 0 Å². The lowest BCUT2D eigenvalue weighted by molar-refractivity contribution is -0.155. The monoisotopic (exact) mass is 272 g/mol. The van der Waals surface area contributed by atoms with E-state index in [-0.39, 0.29) is 5.78 Å². The molecule has 2 aliphatic carbocycles. The number of rotatable bonds is 2. The molecule has 20 heavy (non-hydrogen) atoms. The fourth-order valence-corrected chi connectivity index (χ4v) is 3.58. The maximum Gasteiger partial charge on any atom is 0.203 e. The maximum atomic E-state index is 12.8. The maximum absolute atomic E-state index is 12.8. The zero-order valence-electron chi connectivity index (χ0n) is 11.5. The molecule has 3 rings (SSSR count). The lowest BCUT2D eigenvalue weighted by atomic mass is 9.83. The predicted molar refractivity (Wildman–Crippen MR) is 73.5 cm³/mol. The van der Waals surface area contributed by atoms with Gasteiger partial charge in [0.2, 0.25) is 5.78 Å². The molecule has 3 atom stereocenters. The van der Waals surface area contributed by atoms with Crippen LogP contribution in [0.4, 0.5) is 0 Å². The first-order chi connectivity index (χ1) is 9.46. The Morgan fingerprint density at radius 3 is 2.50 bits per heavy atom. The smallest absolute Gasteiger partial charge is 0.203 e. The van der Waals surface area contributed by atoms with Crippen molar-refractivity contribution in [3.05, 3.63) is 59.7 Å². The molecule has 0 spiro atoms. The van der Waals surface area contributed by atoms with Crippen LogP contribution < -0.4 is 0 Å². The highest BCUT2D eigenvalue weighted by molar-refractivity contribution is 6.12. The largest absolute Gasteiger partial charge is 0.378 e. The number of carbonyl (C=O) groups is 1. The van der Waals surface area contributed by atoms with Crippen molar-refractivity contribution in [1.82, 2.24) is 0 Å². The second-order valence-electron chi connectivity index (χ2n) is 5.15. The molecule has 0 amide bonds. The summed E-state index contributed by atoms with van der Waals surface area (Å²) < 4.78 is 10.9. The zero-order valence-corrected chi connectivity index (χ0v) is 11.5. The van der Waals surface area contributed by atoms with E-state index in [0.717, 1.165) is 0 Å². The minimum absolute atomic E-state index is 0.302. The highest BCUT2D eigenvalue weighted by Gasteiger charge is 2.73. The third-order valence-electron chi connectivity index (χ3n) is 4.49. The molecule has 0 aliphatic heterocycles. The minimum Gasteiger partial charge on any atom is -0.378 e. The third-order valence-corrected chi connectivity index (χ3v) is 4.49. The van der Waals surface area contributed by atoms with Crippen LogP contribution in [0, 0.1) is 0 Å². The van der Waals surface area contributed by atoms with Crippen molar-refractivity contribution in [3.63, 3.8) is 0 Å². The van der Waals surface area contributed by atoms with Gasteiger partial charge in [-0.1, -0.05) is 37.4 Å². The SMILES string of the molecule is C=C1C(=C)[C@]2(OC)C(=O)c3ccccc3[C@]2(O)[C@H]1OC. The summed E-state index contributed by atoms with van der Waals surface area (Å²) in [6.07, 6.45) is -0.762. The Morgan fingerprint density at radius 1 is 1.25 bits per heavy atom. The first-order valence-corrected chi connectivity index (χ1v) is 6.30. The molecule has 0 unspecified atom stereocenters. The molecular weight excluding hydrogens is 256 g/mol. The number of aliphatic hydroxyl groups is 1.